The fourth-order valence-electron chi connectivity index (χ4n) is 2.19. The minimum Gasteiger partial charge on any atom is -0.336 e. The molecule has 8 nitrogen and oxygen atoms in total. The molecule has 1 aromatic rings. The summed E-state index contributed by atoms with van der Waals surface area (Å²) in [6, 6.07) is 2.59. The second-order valence-electron chi connectivity index (χ2n) is 4.85. The maximum atomic E-state index is 12.4. The monoisotopic (exact) mass is 313 g/mol. The molecule has 1 amide bonds. The summed E-state index contributed by atoms with van der Waals surface area (Å²) in [6.45, 7) is 2.70. The molecule has 0 unspecified atom stereocenters. The molecule has 0 atom stereocenters. The van der Waals surface area contributed by atoms with Gasteiger partial charge >= 0.3 is 0 Å². The number of nitro benzene ring substituents is 1. The van der Waals surface area contributed by atoms with Crippen molar-refractivity contribution in [3.63, 3.8) is 0 Å². The lowest BCUT2D eigenvalue weighted by Gasteiger charge is -2.32. The summed E-state index contributed by atoms with van der Waals surface area (Å²) in [7, 11) is 1.98. The number of carbonyl (C=O) groups is 1. The van der Waals surface area contributed by atoms with Crippen molar-refractivity contribution < 1.29 is 9.72 Å². The Bertz CT molecular complexity index is 572. The molecular formula is C12H16ClN5O3. The summed E-state index contributed by atoms with van der Waals surface area (Å²) < 4.78 is 0. The highest BCUT2D eigenvalue weighted by Gasteiger charge is 2.25. The van der Waals surface area contributed by atoms with Crippen LogP contribution in [0.5, 0.6) is 0 Å². The van der Waals surface area contributed by atoms with Crippen LogP contribution in [0.15, 0.2) is 12.1 Å². The van der Waals surface area contributed by atoms with Crippen molar-refractivity contribution in [2.45, 2.75) is 0 Å². The van der Waals surface area contributed by atoms with E-state index in [2.05, 4.69) is 10.3 Å². The molecule has 3 N–H and O–H groups in total. The molecule has 1 fully saturated rings. The molecule has 9 heteroatoms. The SMILES string of the molecule is CN1CCN(C(=O)c2cc(Cl)c(NN)c([N+](=O)[O-])c2)CC1. The molecule has 0 bridgehead atoms. The van der Waals surface area contributed by atoms with Gasteiger partial charge in [0.25, 0.3) is 11.6 Å². The van der Waals surface area contributed by atoms with Crippen molar-refractivity contribution in [3.8, 4) is 0 Å². The molecule has 0 radical (unpaired) electrons. The average Bonchev–Trinajstić information content (AvgIpc) is 2.46. The third-order valence-corrected chi connectivity index (χ3v) is 3.75. The molecule has 1 aromatic carbocycles. The Morgan fingerprint density at radius 3 is 2.52 bits per heavy atom. The van der Waals surface area contributed by atoms with Crippen molar-refractivity contribution in [2.75, 3.05) is 38.7 Å². The van der Waals surface area contributed by atoms with Gasteiger partial charge < -0.3 is 15.2 Å². The van der Waals surface area contributed by atoms with Crippen LogP contribution in [0.3, 0.4) is 0 Å². The lowest BCUT2D eigenvalue weighted by molar-refractivity contribution is -0.384. The highest BCUT2D eigenvalue weighted by molar-refractivity contribution is 6.34. The zero-order valence-corrected chi connectivity index (χ0v) is 12.3. The van der Waals surface area contributed by atoms with Gasteiger partial charge in [-0.1, -0.05) is 11.6 Å². The number of hydrogen-bond acceptors (Lipinski definition) is 6. The Balaban J connectivity index is 2.31. The van der Waals surface area contributed by atoms with Gasteiger partial charge in [0.1, 0.15) is 5.69 Å². The number of halogens is 1. The third kappa shape index (κ3) is 3.23. The number of carbonyl (C=O) groups excluding carboxylic acids is 1. The molecule has 21 heavy (non-hydrogen) atoms. The van der Waals surface area contributed by atoms with Gasteiger partial charge in [-0.3, -0.25) is 20.8 Å². The molecule has 2 rings (SSSR count). The van der Waals surface area contributed by atoms with E-state index in [0.717, 1.165) is 13.1 Å². The summed E-state index contributed by atoms with van der Waals surface area (Å²) in [5.74, 6) is 4.97. The van der Waals surface area contributed by atoms with E-state index in [1.807, 2.05) is 7.05 Å². The van der Waals surface area contributed by atoms with E-state index in [0.29, 0.717) is 13.1 Å². The van der Waals surface area contributed by atoms with E-state index < -0.39 is 4.92 Å². The lowest BCUT2D eigenvalue weighted by Crippen LogP contribution is -2.47. The molecule has 1 aliphatic heterocycles. The molecule has 0 saturated carbocycles. The fourth-order valence-corrected chi connectivity index (χ4v) is 2.46. The number of nitrogens with zero attached hydrogens (tertiary/aromatic N) is 3. The topological polar surface area (TPSA) is 105 Å². The number of amides is 1. The standard InChI is InChI=1S/C12H16ClN5O3/c1-16-2-4-17(5-3-16)12(19)8-6-9(13)11(15-14)10(7-8)18(20)21/h6-7,15H,2-5,14H2,1H3. The normalized spacial score (nSPS) is 15.9. The van der Waals surface area contributed by atoms with E-state index >= 15 is 0 Å². The van der Waals surface area contributed by atoms with Crippen LogP contribution in [0.4, 0.5) is 11.4 Å². The second kappa shape index (κ2) is 6.25. The maximum absolute atomic E-state index is 12.4. The van der Waals surface area contributed by atoms with E-state index in [9.17, 15) is 14.9 Å². The number of nitrogens with two attached hydrogens (primary N) is 1. The summed E-state index contributed by atoms with van der Waals surface area (Å²) in [5, 5.41) is 11.1. The fraction of sp³-hybridized carbons (Fsp3) is 0.417. The smallest absolute Gasteiger partial charge is 0.295 e. The molecule has 114 valence electrons. The van der Waals surface area contributed by atoms with Crippen LogP contribution < -0.4 is 11.3 Å². The van der Waals surface area contributed by atoms with Gasteiger partial charge in [0.15, 0.2) is 0 Å². The van der Waals surface area contributed by atoms with Crippen molar-refractivity contribution in [1.29, 1.82) is 0 Å². The van der Waals surface area contributed by atoms with Crippen LogP contribution in [-0.2, 0) is 0 Å². The minimum absolute atomic E-state index is 0.00315. The zero-order chi connectivity index (χ0) is 15.6. The van der Waals surface area contributed by atoms with Gasteiger partial charge in [0.2, 0.25) is 0 Å². The minimum atomic E-state index is -0.623. The van der Waals surface area contributed by atoms with Crippen molar-refractivity contribution in [1.82, 2.24) is 9.80 Å². The maximum Gasteiger partial charge on any atom is 0.295 e. The predicted molar refractivity (Wildman–Crippen MR) is 79.3 cm³/mol. The molecule has 1 heterocycles. The molecular weight excluding hydrogens is 298 g/mol. The number of piperazine rings is 1. The largest absolute Gasteiger partial charge is 0.336 e. The summed E-state index contributed by atoms with van der Waals surface area (Å²) >= 11 is 5.96. The second-order valence-corrected chi connectivity index (χ2v) is 5.26. The Morgan fingerprint density at radius 1 is 1.38 bits per heavy atom. The quantitative estimate of drug-likeness (QED) is 0.488. The van der Waals surface area contributed by atoms with Crippen LogP contribution in [-0.4, -0.2) is 53.9 Å². The Kier molecular flexibility index (Phi) is 4.61. The Labute approximate surface area is 126 Å². The first-order valence-electron chi connectivity index (χ1n) is 6.36. The van der Waals surface area contributed by atoms with Crippen LogP contribution >= 0.6 is 11.6 Å². The van der Waals surface area contributed by atoms with E-state index in [-0.39, 0.29) is 27.9 Å². The third-order valence-electron chi connectivity index (χ3n) is 3.45. The van der Waals surface area contributed by atoms with Crippen LogP contribution in [0.25, 0.3) is 0 Å². The molecule has 0 aliphatic carbocycles. The highest BCUT2D eigenvalue weighted by Crippen LogP contribution is 2.33. The van der Waals surface area contributed by atoms with E-state index in [1.54, 1.807) is 4.90 Å². The van der Waals surface area contributed by atoms with Crippen LogP contribution in [0.1, 0.15) is 10.4 Å². The van der Waals surface area contributed by atoms with Gasteiger partial charge in [0.05, 0.1) is 9.95 Å². The first kappa shape index (κ1) is 15.5. The summed E-state index contributed by atoms with van der Waals surface area (Å²) in [4.78, 5) is 26.6. The zero-order valence-electron chi connectivity index (χ0n) is 11.5. The number of anilines is 1. The molecule has 0 spiro atoms. The number of rotatable bonds is 3. The van der Waals surface area contributed by atoms with E-state index in [4.69, 9.17) is 17.4 Å². The number of likely N-dealkylation sites (N-methyl/N-ethyl adjacent to an activating group) is 1. The van der Waals surface area contributed by atoms with Gasteiger partial charge in [-0.15, -0.1) is 0 Å². The number of nitro groups is 1. The van der Waals surface area contributed by atoms with Gasteiger partial charge in [-0.2, -0.15) is 0 Å². The van der Waals surface area contributed by atoms with Gasteiger partial charge in [0, 0.05) is 37.8 Å². The first-order chi connectivity index (χ1) is 9.93. The van der Waals surface area contributed by atoms with Gasteiger partial charge in [-0.05, 0) is 13.1 Å². The van der Waals surface area contributed by atoms with E-state index in [1.165, 1.54) is 12.1 Å². The summed E-state index contributed by atoms with van der Waals surface area (Å²) in [5.41, 5.74) is 2.06. The number of nitrogen functional groups attached to an aromatic ring is 1. The first-order valence-corrected chi connectivity index (χ1v) is 6.74. The lowest BCUT2D eigenvalue weighted by atomic mass is 10.1. The Hall–Kier alpha value is -1.90. The molecule has 1 aliphatic rings. The number of benzene rings is 1. The molecule has 0 aromatic heterocycles. The predicted octanol–water partition coefficient (Wildman–Crippen LogP) is 0.921. The Morgan fingerprint density at radius 2 is 2.00 bits per heavy atom. The summed E-state index contributed by atoms with van der Waals surface area (Å²) in [6.07, 6.45) is 0. The van der Waals surface area contributed by atoms with Crippen LogP contribution in [0.2, 0.25) is 5.02 Å². The van der Waals surface area contributed by atoms with Crippen molar-refractivity contribution in [2.24, 2.45) is 5.84 Å². The number of nitrogens with one attached hydrogen (secondary N) is 1. The average molecular weight is 314 g/mol. The van der Waals surface area contributed by atoms with Gasteiger partial charge in [-0.25, -0.2) is 0 Å². The van der Waals surface area contributed by atoms with Crippen LogP contribution in [0, 0.1) is 10.1 Å². The molecule has 1 saturated heterocycles. The van der Waals surface area contributed by atoms with Crippen molar-refractivity contribution in [3.05, 3.63) is 32.8 Å². The number of hydrazine groups is 1. The highest BCUT2D eigenvalue weighted by atomic mass is 35.5. The number of hydrogen-bond donors (Lipinski definition) is 2. The van der Waals surface area contributed by atoms with Crippen molar-refractivity contribution >= 4 is 28.9 Å².